The van der Waals surface area contributed by atoms with Crippen molar-refractivity contribution in [1.29, 1.82) is 0 Å². The molecule has 0 radical (unpaired) electrons. The van der Waals surface area contributed by atoms with Crippen molar-refractivity contribution >= 4 is 12.1 Å². The number of hydrogen-bond acceptors (Lipinski definition) is 4. The minimum Gasteiger partial charge on any atom is -0.481 e. The van der Waals surface area contributed by atoms with E-state index in [0.717, 1.165) is 45.3 Å². The number of carboxylic acid groups (broad SMARTS) is 1. The van der Waals surface area contributed by atoms with E-state index in [1.165, 1.54) is 0 Å². The van der Waals surface area contributed by atoms with E-state index in [-0.39, 0.29) is 12.0 Å². The Hall–Kier alpha value is -1.30. The Morgan fingerprint density at radius 2 is 1.78 bits per heavy atom. The lowest BCUT2D eigenvalue weighted by Gasteiger charge is -2.39. The van der Waals surface area contributed by atoms with E-state index in [9.17, 15) is 9.59 Å². The molecule has 2 aliphatic rings. The minimum absolute atomic E-state index is 0.115. The molecule has 6 heteroatoms. The summed E-state index contributed by atoms with van der Waals surface area (Å²) in [7, 11) is 0. The molecule has 0 aromatic carbocycles. The Bertz CT molecular complexity index is 419. The monoisotopic (exact) mass is 326 g/mol. The maximum atomic E-state index is 11.7. The highest BCUT2D eigenvalue weighted by Gasteiger charge is 2.35. The van der Waals surface area contributed by atoms with E-state index in [2.05, 4.69) is 10.2 Å². The van der Waals surface area contributed by atoms with Gasteiger partial charge in [0.25, 0.3) is 0 Å². The normalized spacial score (nSPS) is 26.4. The van der Waals surface area contributed by atoms with Gasteiger partial charge in [0.1, 0.15) is 5.60 Å². The lowest BCUT2D eigenvalue weighted by Crippen LogP contribution is -2.44. The highest BCUT2D eigenvalue weighted by molar-refractivity contribution is 5.71. The van der Waals surface area contributed by atoms with Crippen LogP contribution in [-0.2, 0) is 9.53 Å². The van der Waals surface area contributed by atoms with Crippen LogP contribution in [0, 0.1) is 17.8 Å². The molecule has 23 heavy (non-hydrogen) atoms. The first-order valence-electron chi connectivity index (χ1n) is 8.65. The number of rotatable bonds is 5. The summed E-state index contributed by atoms with van der Waals surface area (Å²) in [5, 5.41) is 11.8. The fraction of sp³-hybridized carbons (Fsp3) is 0.882. The van der Waals surface area contributed by atoms with Gasteiger partial charge in [-0.2, -0.15) is 0 Å². The van der Waals surface area contributed by atoms with E-state index in [1.807, 2.05) is 20.8 Å². The Balaban J connectivity index is 1.58. The van der Waals surface area contributed by atoms with Crippen LogP contribution in [0.4, 0.5) is 4.79 Å². The Kier molecular flexibility index (Phi) is 5.89. The number of alkyl carbamates (subject to hydrolysis) is 1. The molecule has 1 saturated carbocycles. The number of nitrogens with zero attached hydrogens (tertiary/aromatic N) is 1. The molecule has 2 rings (SSSR count). The number of carboxylic acids is 1. The van der Waals surface area contributed by atoms with Gasteiger partial charge in [0, 0.05) is 13.1 Å². The molecule has 0 aromatic rings. The first-order chi connectivity index (χ1) is 10.7. The molecule has 1 aliphatic heterocycles. The van der Waals surface area contributed by atoms with Crippen LogP contribution < -0.4 is 5.32 Å². The smallest absolute Gasteiger partial charge is 0.407 e. The van der Waals surface area contributed by atoms with Crippen LogP contribution in [0.25, 0.3) is 0 Å². The van der Waals surface area contributed by atoms with Gasteiger partial charge in [-0.05, 0) is 71.4 Å². The summed E-state index contributed by atoms with van der Waals surface area (Å²) in [6.45, 7) is 9.36. The van der Waals surface area contributed by atoms with Crippen molar-refractivity contribution in [3.8, 4) is 0 Å². The highest BCUT2D eigenvalue weighted by atomic mass is 16.6. The number of carbonyl (C=O) groups excluding carboxylic acids is 1. The van der Waals surface area contributed by atoms with Gasteiger partial charge in [-0.25, -0.2) is 4.79 Å². The van der Waals surface area contributed by atoms with E-state index < -0.39 is 11.6 Å². The van der Waals surface area contributed by atoms with E-state index in [0.29, 0.717) is 18.4 Å². The second kappa shape index (κ2) is 7.51. The zero-order valence-electron chi connectivity index (χ0n) is 14.5. The molecule has 0 atom stereocenters. The molecule has 0 spiro atoms. The van der Waals surface area contributed by atoms with Gasteiger partial charge in [-0.15, -0.1) is 0 Å². The molecule has 2 N–H and O–H groups in total. The Morgan fingerprint density at radius 3 is 2.30 bits per heavy atom. The molecule has 6 nitrogen and oxygen atoms in total. The lowest BCUT2D eigenvalue weighted by molar-refractivity contribution is -0.146. The predicted octanol–water partition coefficient (Wildman–Crippen LogP) is 2.33. The summed E-state index contributed by atoms with van der Waals surface area (Å²) in [4.78, 5) is 24.9. The number of nitrogens with one attached hydrogen (secondary N) is 1. The zero-order valence-corrected chi connectivity index (χ0v) is 14.5. The third kappa shape index (κ3) is 6.01. The van der Waals surface area contributed by atoms with Crippen LogP contribution in [-0.4, -0.2) is 53.8 Å². The van der Waals surface area contributed by atoms with E-state index in [1.54, 1.807) is 0 Å². The van der Waals surface area contributed by atoms with Gasteiger partial charge in [0.2, 0.25) is 0 Å². The van der Waals surface area contributed by atoms with Crippen LogP contribution in [0.1, 0.15) is 46.5 Å². The van der Waals surface area contributed by atoms with Crippen LogP contribution >= 0.6 is 0 Å². The van der Waals surface area contributed by atoms with Crippen molar-refractivity contribution in [3.63, 3.8) is 0 Å². The molecule has 1 aliphatic carbocycles. The second-order valence-electron chi connectivity index (χ2n) is 8.00. The van der Waals surface area contributed by atoms with Crippen LogP contribution in [0.3, 0.4) is 0 Å². The van der Waals surface area contributed by atoms with Crippen LogP contribution in [0.2, 0.25) is 0 Å². The van der Waals surface area contributed by atoms with Gasteiger partial charge < -0.3 is 20.1 Å². The molecule has 2 fully saturated rings. The first kappa shape index (κ1) is 18.0. The second-order valence-corrected chi connectivity index (χ2v) is 8.00. The molecule has 132 valence electrons. The van der Waals surface area contributed by atoms with Gasteiger partial charge in [0.15, 0.2) is 0 Å². The van der Waals surface area contributed by atoms with E-state index in [4.69, 9.17) is 9.84 Å². The summed E-state index contributed by atoms with van der Waals surface area (Å²) < 4.78 is 5.25. The molecule has 1 saturated heterocycles. The summed E-state index contributed by atoms with van der Waals surface area (Å²) in [6, 6.07) is 0. The molecule has 0 unspecified atom stereocenters. The summed E-state index contributed by atoms with van der Waals surface area (Å²) >= 11 is 0. The summed E-state index contributed by atoms with van der Waals surface area (Å²) in [6.07, 6.45) is 3.47. The Labute approximate surface area is 138 Å². The number of likely N-dealkylation sites (tertiary alicyclic amines) is 1. The predicted molar refractivity (Wildman–Crippen MR) is 87.3 cm³/mol. The number of carbonyl (C=O) groups is 2. The molecular formula is C17H30N2O4. The molecule has 0 aromatic heterocycles. The minimum atomic E-state index is -0.645. The number of piperidine rings is 1. The van der Waals surface area contributed by atoms with Crippen molar-refractivity contribution < 1.29 is 19.4 Å². The first-order valence-corrected chi connectivity index (χ1v) is 8.65. The standard InChI is InChI=1S/C17H30N2O4/c1-17(2,3)23-16(22)18-10-12-4-6-19(7-5-12)11-13-8-14(9-13)15(20)21/h12-14H,4-11H2,1-3H3,(H,18,22)(H,20,21). The third-order valence-electron chi connectivity index (χ3n) is 4.74. The number of amides is 1. The number of hydrogen-bond donors (Lipinski definition) is 2. The highest BCUT2D eigenvalue weighted by Crippen LogP contribution is 2.35. The summed E-state index contributed by atoms with van der Waals surface area (Å²) in [5.41, 5.74) is -0.454. The number of aliphatic carboxylic acids is 1. The Morgan fingerprint density at radius 1 is 1.17 bits per heavy atom. The maximum Gasteiger partial charge on any atom is 0.407 e. The van der Waals surface area contributed by atoms with Crippen LogP contribution in [0.5, 0.6) is 0 Å². The van der Waals surface area contributed by atoms with Crippen molar-refractivity contribution in [2.45, 2.75) is 52.1 Å². The van der Waals surface area contributed by atoms with Crippen molar-refractivity contribution in [1.82, 2.24) is 10.2 Å². The fourth-order valence-corrected chi connectivity index (χ4v) is 3.37. The van der Waals surface area contributed by atoms with Gasteiger partial charge >= 0.3 is 12.1 Å². The van der Waals surface area contributed by atoms with Crippen LogP contribution in [0.15, 0.2) is 0 Å². The average molecular weight is 326 g/mol. The van der Waals surface area contributed by atoms with Gasteiger partial charge in [0.05, 0.1) is 5.92 Å². The quantitative estimate of drug-likeness (QED) is 0.811. The molecular weight excluding hydrogens is 296 g/mol. The number of ether oxygens (including phenoxy) is 1. The molecule has 0 bridgehead atoms. The van der Waals surface area contributed by atoms with Gasteiger partial charge in [-0.1, -0.05) is 0 Å². The average Bonchev–Trinajstić information content (AvgIpc) is 2.39. The fourth-order valence-electron chi connectivity index (χ4n) is 3.37. The molecule has 1 amide bonds. The van der Waals surface area contributed by atoms with E-state index >= 15 is 0 Å². The lowest BCUT2D eigenvalue weighted by atomic mass is 9.74. The summed E-state index contributed by atoms with van der Waals surface area (Å²) in [5.74, 6) is 0.295. The topological polar surface area (TPSA) is 78.9 Å². The maximum absolute atomic E-state index is 11.7. The molecule has 1 heterocycles. The SMILES string of the molecule is CC(C)(C)OC(=O)NCC1CCN(CC2CC(C(=O)O)C2)CC1. The largest absolute Gasteiger partial charge is 0.481 e. The third-order valence-corrected chi connectivity index (χ3v) is 4.74. The van der Waals surface area contributed by atoms with Crippen molar-refractivity contribution in [3.05, 3.63) is 0 Å². The van der Waals surface area contributed by atoms with Crippen molar-refractivity contribution in [2.75, 3.05) is 26.2 Å². The zero-order chi connectivity index (χ0) is 17.0. The van der Waals surface area contributed by atoms with Gasteiger partial charge in [-0.3, -0.25) is 4.79 Å². The van der Waals surface area contributed by atoms with Crippen molar-refractivity contribution in [2.24, 2.45) is 17.8 Å².